The second kappa shape index (κ2) is 10.4. The molecule has 0 atom stereocenters. The summed E-state index contributed by atoms with van der Waals surface area (Å²) in [6, 6.07) is 22.0. The first-order valence-electron chi connectivity index (χ1n) is 9.62. The van der Waals surface area contributed by atoms with E-state index in [4.69, 9.17) is 4.74 Å². The highest BCUT2D eigenvalue weighted by Crippen LogP contribution is 2.13. The molecule has 4 nitrogen and oxygen atoms in total. The summed E-state index contributed by atoms with van der Waals surface area (Å²) in [5.74, 6) is 0.272. The summed E-state index contributed by atoms with van der Waals surface area (Å²) in [6.07, 6.45) is 0.643. The summed E-state index contributed by atoms with van der Waals surface area (Å²) in [4.78, 5) is 12.0. The van der Waals surface area contributed by atoms with Crippen molar-refractivity contribution >= 4 is 11.6 Å². The van der Waals surface area contributed by atoms with Gasteiger partial charge in [0.2, 0.25) is 0 Å². The van der Waals surface area contributed by atoms with E-state index in [1.165, 1.54) is 6.07 Å². The van der Waals surface area contributed by atoms with Crippen LogP contribution in [0, 0.1) is 12.7 Å². The summed E-state index contributed by atoms with van der Waals surface area (Å²) in [6.45, 7) is 3.33. The van der Waals surface area contributed by atoms with Gasteiger partial charge < -0.3 is 15.4 Å². The van der Waals surface area contributed by atoms with E-state index in [0.717, 1.165) is 16.8 Å². The number of hydrogen-bond donors (Lipinski definition) is 2. The molecule has 0 fully saturated rings. The van der Waals surface area contributed by atoms with Crippen LogP contribution < -0.4 is 15.4 Å². The third-order valence-corrected chi connectivity index (χ3v) is 4.49. The van der Waals surface area contributed by atoms with Crippen molar-refractivity contribution in [3.8, 4) is 5.75 Å². The molecule has 0 unspecified atom stereocenters. The molecule has 150 valence electrons. The Morgan fingerprint density at radius 1 is 0.966 bits per heavy atom. The molecule has 3 rings (SSSR count). The van der Waals surface area contributed by atoms with Gasteiger partial charge >= 0.3 is 0 Å². The molecule has 3 aromatic carbocycles. The minimum absolute atomic E-state index is 0.0475. The van der Waals surface area contributed by atoms with Crippen LogP contribution in [0.25, 0.3) is 0 Å². The number of rotatable bonds is 9. The lowest BCUT2D eigenvalue weighted by molar-refractivity contribution is -0.118. The Morgan fingerprint density at radius 3 is 2.41 bits per heavy atom. The summed E-state index contributed by atoms with van der Waals surface area (Å²) >= 11 is 0. The largest absolute Gasteiger partial charge is 0.484 e. The zero-order chi connectivity index (χ0) is 20.5. The van der Waals surface area contributed by atoms with Crippen LogP contribution in [0.2, 0.25) is 0 Å². The minimum atomic E-state index is -0.201. The van der Waals surface area contributed by atoms with Gasteiger partial charge in [-0.05, 0) is 61.3 Å². The molecule has 0 saturated heterocycles. The number of carbonyl (C=O) groups is 1. The van der Waals surface area contributed by atoms with Crippen molar-refractivity contribution in [2.75, 3.05) is 18.5 Å². The molecule has 29 heavy (non-hydrogen) atoms. The minimum Gasteiger partial charge on any atom is -0.484 e. The van der Waals surface area contributed by atoms with Crippen LogP contribution >= 0.6 is 0 Å². The molecule has 5 heteroatoms. The van der Waals surface area contributed by atoms with E-state index < -0.39 is 0 Å². The first kappa shape index (κ1) is 20.6. The van der Waals surface area contributed by atoms with Gasteiger partial charge in [0, 0.05) is 12.2 Å². The topological polar surface area (TPSA) is 50.4 Å². The zero-order valence-corrected chi connectivity index (χ0v) is 16.5. The number of halogens is 1. The van der Waals surface area contributed by atoms with Crippen molar-refractivity contribution in [1.82, 2.24) is 5.32 Å². The van der Waals surface area contributed by atoms with Crippen LogP contribution in [0.5, 0.6) is 5.75 Å². The maximum atomic E-state index is 13.6. The molecule has 2 N–H and O–H groups in total. The highest BCUT2D eigenvalue weighted by molar-refractivity contribution is 5.91. The van der Waals surface area contributed by atoms with Crippen molar-refractivity contribution in [1.29, 1.82) is 0 Å². The number of aryl methyl sites for hydroxylation is 1. The van der Waals surface area contributed by atoms with Gasteiger partial charge in [0.1, 0.15) is 11.6 Å². The first-order chi connectivity index (χ1) is 14.1. The molecular formula is C24H25FN2O2. The molecule has 1 amide bonds. The Labute approximate surface area is 170 Å². The molecule has 0 aliphatic heterocycles. The van der Waals surface area contributed by atoms with Crippen LogP contribution in [-0.4, -0.2) is 19.1 Å². The van der Waals surface area contributed by atoms with E-state index in [9.17, 15) is 9.18 Å². The number of benzene rings is 3. The maximum absolute atomic E-state index is 13.6. The summed E-state index contributed by atoms with van der Waals surface area (Å²) in [7, 11) is 0. The van der Waals surface area contributed by atoms with E-state index in [0.29, 0.717) is 30.8 Å². The number of ether oxygens (including phenoxy) is 1. The highest BCUT2D eigenvalue weighted by Gasteiger charge is 2.04. The van der Waals surface area contributed by atoms with Gasteiger partial charge in [0.25, 0.3) is 5.91 Å². The lowest BCUT2D eigenvalue weighted by Gasteiger charge is -2.09. The van der Waals surface area contributed by atoms with Crippen LogP contribution in [0.3, 0.4) is 0 Å². The van der Waals surface area contributed by atoms with Gasteiger partial charge in [0.15, 0.2) is 6.61 Å². The standard InChI is InChI=1S/C24H25FN2O2/c1-18-6-10-21(11-7-18)27-24(28)17-29-22-12-8-19(9-13-22)16-26-15-14-20-4-2-3-5-23(20)25/h2-13,26H,14-17H2,1H3,(H,27,28). The fourth-order valence-electron chi connectivity index (χ4n) is 2.84. The molecule has 3 aromatic rings. The number of anilines is 1. The van der Waals surface area contributed by atoms with E-state index in [-0.39, 0.29) is 18.3 Å². The van der Waals surface area contributed by atoms with E-state index in [1.807, 2.05) is 61.5 Å². The summed E-state index contributed by atoms with van der Waals surface area (Å²) < 4.78 is 19.1. The molecule has 0 aliphatic rings. The van der Waals surface area contributed by atoms with E-state index in [1.54, 1.807) is 12.1 Å². The van der Waals surface area contributed by atoms with E-state index >= 15 is 0 Å². The summed E-state index contributed by atoms with van der Waals surface area (Å²) in [5.41, 5.74) is 3.70. The van der Waals surface area contributed by atoms with Crippen LogP contribution in [0.4, 0.5) is 10.1 Å². The van der Waals surface area contributed by atoms with Crippen LogP contribution in [-0.2, 0) is 17.8 Å². The third-order valence-electron chi connectivity index (χ3n) is 4.49. The lowest BCUT2D eigenvalue weighted by atomic mass is 10.1. The zero-order valence-electron chi connectivity index (χ0n) is 16.5. The van der Waals surface area contributed by atoms with Gasteiger partial charge in [-0.3, -0.25) is 4.79 Å². The maximum Gasteiger partial charge on any atom is 0.262 e. The number of carbonyl (C=O) groups excluding carboxylic acids is 1. The average Bonchev–Trinajstić information content (AvgIpc) is 2.73. The molecule has 0 saturated carbocycles. The predicted octanol–water partition coefficient (Wildman–Crippen LogP) is 4.48. The predicted molar refractivity (Wildman–Crippen MR) is 114 cm³/mol. The van der Waals surface area contributed by atoms with Gasteiger partial charge in [-0.15, -0.1) is 0 Å². The van der Waals surface area contributed by atoms with Gasteiger partial charge in [-0.1, -0.05) is 48.0 Å². The third kappa shape index (κ3) is 6.73. The first-order valence-corrected chi connectivity index (χ1v) is 9.62. The fraction of sp³-hybridized carbons (Fsp3) is 0.208. The van der Waals surface area contributed by atoms with Crippen molar-refractivity contribution in [3.05, 3.63) is 95.3 Å². The average molecular weight is 392 g/mol. The molecule has 0 aromatic heterocycles. The van der Waals surface area contributed by atoms with Gasteiger partial charge in [-0.2, -0.15) is 0 Å². The van der Waals surface area contributed by atoms with Crippen molar-refractivity contribution < 1.29 is 13.9 Å². The molecule has 0 aliphatic carbocycles. The summed E-state index contributed by atoms with van der Waals surface area (Å²) in [5, 5.41) is 6.11. The van der Waals surface area contributed by atoms with Crippen molar-refractivity contribution in [2.45, 2.75) is 19.9 Å². The number of amides is 1. The molecular weight excluding hydrogens is 367 g/mol. The SMILES string of the molecule is Cc1ccc(NC(=O)COc2ccc(CNCCc3ccccc3F)cc2)cc1. The van der Waals surface area contributed by atoms with Crippen LogP contribution in [0.1, 0.15) is 16.7 Å². The Balaban J connectivity index is 1.37. The molecule has 0 radical (unpaired) electrons. The van der Waals surface area contributed by atoms with Gasteiger partial charge in [0.05, 0.1) is 0 Å². The number of hydrogen-bond acceptors (Lipinski definition) is 3. The normalized spacial score (nSPS) is 10.6. The highest BCUT2D eigenvalue weighted by atomic mass is 19.1. The second-order valence-electron chi connectivity index (χ2n) is 6.87. The Hall–Kier alpha value is -3.18. The van der Waals surface area contributed by atoms with E-state index in [2.05, 4.69) is 10.6 Å². The second-order valence-corrected chi connectivity index (χ2v) is 6.87. The quantitative estimate of drug-likeness (QED) is 0.528. The van der Waals surface area contributed by atoms with Crippen molar-refractivity contribution in [2.24, 2.45) is 0 Å². The lowest BCUT2D eigenvalue weighted by Crippen LogP contribution is -2.20. The smallest absolute Gasteiger partial charge is 0.262 e. The molecule has 0 heterocycles. The monoisotopic (exact) mass is 392 g/mol. The van der Waals surface area contributed by atoms with Crippen molar-refractivity contribution in [3.63, 3.8) is 0 Å². The Bertz CT molecular complexity index is 924. The molecule has 0 bridgehead atoms. The fourth-order valence-corrected chi connectivity index (χ4v) is 2.84. The van der Waals surface area contributed by atoms with Crippen LogP contribution in [0.15, 0.2) is 72.8 Å². The number of nitrogens with one attached hydrogen (secondary N) is 2. The Kier molecular flexibility index (Phi) is 7.36. The Morgan fingerprint density at radius 2 is 1.69 bits per heavy atom. The van der Waals surface area contributed by atoms with Gasteiger partial charge in [-0.25, -0.2) is 4.39 Å². The molecule has 0 spiro atoms.